The molecule has 11 nitrogen and oxygen atoms in total. The third-order valence-corrected chi connectivity index (χ3v) is 8.42. The summed E-state index contributed by atoms with van der Waals surface area (Å²) in [4.78, 5) is 35.7. The van der Waals surface area contributed by atoms with Gasteiger partial charge < -0.3 is 25.2 Å². The molecule has 3 heterocycles. The van der Waals surface area contributed by atoms with Crippen molar-refractivity contribution in [1.29, 1.82) is 0 Å². The van der Waals surface area contributed by atoms with Crippen LogP contribution in [0.5, 0.6) is 11.6 Å². The lowest BCUT2D eigenvalue weighted by molar-refractivity contribution is -0.0338. The Morgan fingerprint density at radius 2 is 1.95 bits per heavy atom. The molecule has 230 valence electrons. The number of aromatic nitrogens is 3. The zero-order chi connectivity index (χ0) is 30.4. The summed E-state index contributed by atoms with van der Waals surface area (Å²) in [5.74, 6) is 0.680. The highest BCUT2D eigenvalue weighted by Gasteiger charge is 2.50. The van der Waals surface area contributed by atoms with Crippen LogP contribution in [-0.4, -0.2) is 95.3 Å². The molecule has 1 aromatic heterocycles. The molecule has 12 heteroatoms. The van der Waals surface area contributed by atoms with Crippen molar-refractivity contribution in [3.63, 3.8) is 0 Å². The van der Waals surface area contributed by atoms with Crippen molar-refractivity contribution in [3.05, 3.63) is 35.9 Å². The van der Waals surface area contributed by atoms with Gasteiger partial charge in [0, 0.05) is 63.8 Å². The van der Waals surface area contributed by atoms with Crippen LogP contribution in [0.3, 0.4) is 0 Å². The topological polar surface area (TPSA) is 116 Å². The fourth-order valence-electron chi connectivity index (χ4n) is 6.27. The smallest absolute Gasteiger partial charge is 0.314 e. The molecule has 0 aliphatic carbocycles. The van der Waals surface area contributed by atoms with Crippen molar-refractivity contribution in [1.82, 2.24) is 35.6 Å². The fraction of sp³-hybridized carbons (Fsp3) is 0.633. The van der Waals surface area contributed by atoms with Crippen LogP contribution in [0.2, 0.25) is 0 Å². The molecule has 42 heavy (non-hydrogen) atoms. The number of benzene rings is 1. The molecule has 1 spiro atoms. The number of urea groups is 1. The van der Waals surface area contributed by atoms with Crippen molar-refractivity contribution in [2.24, 2.45) is 11.3 Å². The number of nitrogens with one attached hydrogen (secondary N) is 2. The molecule has 1 atom stereocenters. The Morgan fingerprint density at radius 1 is 1.19 bits per heavy atom. The molecule has 2 aliphatic rings. The Bertz CT molecular complexity index is 1240. The first-order chi connectivity index (χ1) is 20.1. The predicted molar refractivity (Wildman–Crippen MR) is 159 cm³/mol. The molecule has 3 amide bonds. The van der Waals surface area contributed by atoms with E-state index in [1.165, 1.54) is 24.5 Å². The molecule has 0 radical (unpaired) electrons. The molecule has 0 saturated carbocycles. The second-order valence-corrected chi connectivity index (χ2v) is 12.1. The number of rotatable bonds is 12. The van der Waals surface area contributed by atoms with Crippen molar-refractivity contribution in [2.45, 2.75) is 66.0 Å². The third kappa shape index (κ3) is 7.08. The van der Waals surface area contributed by atoms with Gasteiger partial charge in [-0.2, -0.15) is 0 Å². The number of halogens is 1. The van der Waals surface area contributed by atoms with E-state index in [0.29, 0.717) is 30.9 Å². The summed E-state index contributed by atoms with van der Waals surface area (Å²) in [7, 11) is 1.62. The maximum atomic E-state index is 14.2. The Hall–Kier alpha value is -3.54. The Kier molecular flexibility index (Phi) is 10.2. The first-order valence-corrected chi connectivity index (χ1v) is 15.0. The van der Waals surface area contributed by atoms with Gasteiger partial charge in [0.2, 0.25) is 0 Å². The minimum absolute atomic E-state index is 0.0512. The van der Waals surface area contributed by atoms with Gasteiger partial charge in [-0.3, -0.25) is 9.69 Å². The van der Waals surface area contributed by atoms with Gasteiger partial charge in [0.1, 0.15) is 17.9 Å². The molecule has 2 N–H and O–H groups in total. The predicted octanol–water partition coefficient (Wildman–Crippen LogP) is 3.92. The largest absolute Gasteiger partial charge is 0.434 e. The monoisotopic (exact) mass is 584 g/mol. The first-order valence-electron chi connectivity index (χ1n) is 15.0. The van der Waals surface area contributed by atoms with Gasteiger partial charge in [-0.15, -0.1) is 10.2 Å². The molecule has 2 aromatic rings. The van der Waals surface area contributed by atoms with Crippen LogP contribution >= 0.6 is 0 Å². The Labute approximate surface area is 248 Å². The molecular weight excluding hydrogens is 539 g/mol. The SMILES string of the molecule is CCN(C(=O)c1cc(F)ccc1Oc1nncnc1N1CCC2(C1)CN([C@@H](CCCNC(=O)NC)C(C)C)C2)C(C)C. The highest BCUT2D eigenvalue weighted by molar-refractivity contribution is 5.97. The molecule has 2 aliphatic heterocycles. The van der Waals surface area contributed by atoms with Crippen LogP contribution in [0.1, 0.15) is 64.2 Å². The molecule has 0 bridgehead atoms. The first kappa shape index (κ1) is 31.4. The summed E-state index contributed by atoms with van der Waals surface area (Å²) in [6, 6.07) is 4.20. The number of ether oxygens (including phenoxy) is 1. The average molecular weight is 585 g/mol. The quantitative estimate of drug-likeness (QED) is 0.361. The van der Waals surface area contributed by atoms with Crippen LogP contribution in [0.15, 0.2) is 24.5 Å². The van der Waals surface area contributed by atoms with Gasteiger partial charge in [-0.1, -0.05) is 13.8 Å². The van der Waals surface area contributed by atoms with E-state index in [1.54, 1.807) is 11.9 Å². The standard InChI is InChI=1S/C30H45FN8O3/c1-7-39(21(4)5)28(40)23-15-22(31)10-11-25(23)42-27-26(34-19-35-36-27)37-14-12-30(16-37)17-38(18-30)24(20(2)3)9-8-13-33-29(41)32-6/h10-11,15,19-21,24H,7-9,12-14,16-18H2,1-6H3,(H2,32,33,41)/t24-/m0/s1. The van der Waals surface area contributed by atoms with Gasteiger partial charge in [-0.25, -0.2) is 14.2 Å². The van der Waals surface area contributed by atoms with Crippen LogP contribution in [-0.2, 0) is 0 Å². The van der Waals surface area contributed by atoms with E-state index in [1.807, 2.05) is 20.8 Å². The third-order valence-electron chi connectivity index (χ3n) is 8.42. The lowest BCUT2D eigenvalue weighted by Crippen LogP contribution is -2.62. The number of anilines is 1. The summed E-state index contributed by atoms with van der Waals surface area (Å²) >= 11 is 0. The van der Waals surface area contributed by atoms with E-state index in [-0.39, 0.29) is 40.6 Å². The van der Waals surface area contributed by atoms with E-state index >= 15 is 0 Å². The minimum Gasteiger partial charge on any atom is -0.434 e. The van der Waals surface area contributed by atoms with Crippen LogP contribution in [0.25, 0.3) is 0 Å². The van der Waals surface area contributed by atoms with Crippen LogP contribution in [0.4, 0.5) is 15.0 Å². The van der Waals surface area contributed by atoms with Gasteiger partial charge in [0.15, 0.2) is 5.82 Å². The second kappa shape index (κ2) is 13.6. The summed E-state index contributed by atoms with van der Waals surface area (Å²) in [5, 5.41) is 13.6. The van der Waals surface area contributed by atoms with Crippen LogP contribution < -0.4 is 20.3 Å². The number of carbonyl (C=O) groups excluding carboxylic acids is 2. The van der Waals surface area contributed by atoms with E-state index in [0.717, 1.165) is 45.4 Å². The normalized spacial score (nSPS) is 16.9. The lowest BCUT2D eigenvalue weighted by Gasteiger charge is -2.53. The van der Waals surface area contributed by atoms with E-state index in [9.17, 15) is 14.0 Å². The molecule has 0 unspecified atom stereocenters. The lowest BCUT2D eigenvalue weighted by atomic mass is 9.76. The highest BCUT2D eigenvalue weighted by Crippen LogP contribution is 2.44. The Balaban J connectivity index is 1.43. The number of carbonyl (C=O) groups is 2. The van der Waals surface area contributed by atoms with Gasteiger partial charge in [0.05, 0.1) is 5.56 Å². The zero-order valence-electron chi connectivity index (χ0n) is 25.7. The van der Waals surface area contributed by atoms with E-state index in [2.05, 4.69) is 49.5 Å². The summed E-state index contributed by atoms with van der Waals surface area (Å²) in [6.45, 7) is 15.0. The maximum Gasteiger partial charge on any atom is 0.314 e. The molecule has 2 fully saturated rings. The number of hydrogen-bond acceptors (Lipinski definition) is 8. The van der Waals surface area contributed by atoms with Gasteiger partial charge in [-0.05, 0) is 64.2 Å². The van der Waals surface area contributed by atoms with E-state index in [4.69, 9.17) is 4.74 Å². The molecule has 4 rings (SSSR count). The number of amides is 3. The van der Waals surface area contributed by atoms with Crippen molar-refractivity contribution in [2.75, 3.05) is 51.2 Å². The number of nitrogens with zero attached hydrogens (tertiary/aromatic N) is 6. The highest BCUT2D eigenvalue weighted by atomic mass is 19.1. The molecule has 2 saturated heterocycles. The molecule has 1 aromatic carbocycles. The van der Waals surface area contributed by atoms with Crippen molar-refractivity contribution >= 4 is 17.8 Å². The van der Waals surface area contributed by atoms with Crippen molar-refractivity contribution in [3.8, 4) is 11.6 Å². The average Bonchev–Trinajstić information content (AvgIpc) is 3.39. The second-order valence-electron chi connectivity index (χ2n) is 12.1. The number of likely N-dealkylation sites (tertiary alicyclic amines) is 1. The fourth-order valence-corrected chi connectivity index (χ4v) is 6.27. The minimum atomic E-state index is -0.513. The summed E-state index contributed by atoms with van der Waals surface area (Å²) < 4.78 is 20.4. The summed E-state index contributed by atoms with van der Waals surface area (Å²) in [6.07, 6.45) is 4.38. The van der Waals surface area contributed by atoms with Crippen molar-refractivity contribution < 1.29 is 18.7 Å². The van der Waals surface area contributed by atoms with E-state index < -0.39 is 5.82 Å². The number of hydrogen-bond donors (Lipinski definition) is 2. The van der Waals surface area contributed by atoms with Gasteiger partial charge in [0.25, 0.3) is 11.8 Å². The maximum absolute atomic E-state index is 14.2. The molecular formula is C30H45FN8O3. The van der Waals surface area contributed by atoms with Gasteiger partial charge >= 0.3 is 6.03 Å². The summed E-state index contributed by atoms with van der Waals surface area (Å²) in [5.41, 5.74) is 0.297. The van der Waals surface area contributed by atoms with Crippen LogP contribution in [0, 0.1) is 17.2 Å². The zero-order valence-corrected chi connectivity index (χ0v) is 25.7. The Morgan fingerprint density at radius 3 is 2.62 bits per heavy atom.